The molecule has 3 aromatic rings. The summed E-state index contributed by atoms with van der Waals surface area (Å²) in [6.45, 7) is 5.93. The summed E-state index contributed by atoms with van der Waals surface area (Å²) >= 11 is 1.45. The quantitative estimate of drug-likeness (QED) is 0.284. The summed E-state index contributed by atoms with van der Waals surface area (Å²) in [6, 6.07) is 9.35. The van der Waals surface area contributed by atoms with Crippen LogP contribution in [0.25, 0.3) is 11.0 Å². The highest BCUT2D eigenvalue weighted by Crippen LogP contribution is 2.31. The van der Waals surface area contributed by atoms with Gasteiger partial charge in [0.1, 0.15) is 11.2 Å². The molecule has 2 aromatic heterocycles. The van der Waals surface area contributed by atoms with E-state index in [9.17, 15) is 9.59 Å². The van der Waals surface area contributed by atoms with Crippen molar-refractivity contribution in [3.8, 4) is 0 Å². The summed E-state index contributed by atoms with van der Waals surface area (Å²) in [5.74, 6) is 0.333. The summed E-state index contributed by atoms with van der Waals surface area (Å²) in [5.41, 5.74) is 0.969. The number of rotatable bonds is 8. The van der Waals surface area contributed by atoms with Crippen molar-refractivity contribution in [1.29, 1.82) is 0 Å². The van der Waals surface area contributed by atoms with E-state index in [-0.39, 0.29) is 18.3 Å². The van der Waals surface area contributed by atoms with Crippen LogP contribution < -0.4 is 0 Å². The number of carbonyl (C=O) groups excluding carboxylic acids is 2. The van der Waals surface area contributed by atoms with Gasteiger partial charge in [-0.25, -0.2) is 9.97 Å². The van der Waals surface area contributed by atoms with Crippen molar-refractivity contribution >= 4 is 34.6 Å². The molecule has 0 saturated carbocycles. The van der Waals surface area contributed by atoms with Crippen molar-refractivity contribution in [2.75, 3.05) is 13.6 Å². The van der Waals surface area contributed by atoms with E-state index in [1.807, 2.05) is 45.0 Å². The zero-order valence-corrected chi connectivity index (χ0v) is 19.1. The molecule has 2 heterocycles. The minimum absolute atomic E-state index is 0.218. The second-order valence-electron chi connectivity index (χ2n) is 8.14. The third kappa shape index (κ3) is 6.30. The van der Waals surface area contributed by atoms with E-state index in [0.29, 0.717) is 35.2 Å². The lowest BCUT2D eigenvalue weighted by Gasteiger charge is -2.20. The number of ether oxygens (including phenoxy) is 1. The van der Waals surface area contributed by atoms with Crippen LogP contribution in [0.15, 0.2) is 52.3 Å². The molecule has 0 N–H and O–H groups in total. The molecule has 0 radical (unpaired) electrons. The van der Waals surface area contributed by atoms with Crippen LogP contribution in [-0.4, -0.2) is 45.9 Å². The van der Waals surface area contributed by atoms with Gasteiger partial charge in [-0.15, -0.1) is 0 Å². The van der Waals surface area contributed by atoms with E-state index in [0.717, 1.165) is 10.9 Å². The number of aromatic nitrogens is 2. The minimum Gasteiger partial charge on any atom is -0.460 e. The molecule has 0 aliphatic carbocycles. The van der Waals surface area contributed by atoms with Gasteiger partial charge in [0.05, 0.1) is 0 Å². The van der Waals surface area contributed by atoms with Gasteiger partial charge in [-0.3, -0.25) is 9.59 Å². The Morgan fingerprint density at radius 2 is 1.84 bits per heavy atom. The van der Waals surface area contributed by atoms with E-state index >= 15 is 0 Å². The fourth-order valence-corrected chi connectivity index (χ4v) is 3.87. The zero-order valence-electron chi connectivity index (χ0n) is 18.3. The molecule has 0 aliphatic heterocycles. The Labute approximate surface area is 186 Å². The summed E-state index contributed by atoms with van der Waals surface area (Å²) in [6.07, 6.45) is 4.14. The molecule has 164 valence electrons. The molecule has 1 amide bonds. The number of hydrogen-bond donors (Lipinski definition) is 0. The summed E-state index contributed by atoms with van der Waals surface area (Å²) < 4.78 is 11.2. The number of carbonyl (C=O) groups is 2. The molecular formula is C23H27N3O4S. The standard InChI is InChI=1S/C23H27N3O4S/c1-23(2,3)30-19(27)11-7-14-26(4)21(28)20-17(15-31-22-24-12-8-13-25-22)16-9-5-6-10-18(16)29-20/h5-6,8-10,12-13H,7,11,14-15H2,1-4H3. The van der Waals surface area contributed by atoms with Crippen LogP contribution in [-0.2, 0) is 15.3 Å². The fraction of sp³-hybridized carbons (Fsp3) is 0.391. The third-order valence-corrected chi connectivity index (χ3v) is 5.32. The van der Waals surface area contributed by atoms with Crippen LogP contribution in [0.2, 0.25) is 0 Å². The van der Waals surface area contributed by atoms with Gasteiger partial charge in [0.2, 0.25) is 0 Å². The van der Waals surface area contributed by atoms with Crippen LogP contribution in [0.5, 0.6) is 0 Å². The Hall–Kier alpha value is -2.87. The number of fused-ring (bicyclic) bond motifs is 1. The van der Waals surface area contributed by atoms with Crippen LogP contribution >= 0.6 is 11.8 Å². The molecule has 0 saturated heterocycles. The number of esters is 1. The summed E-state index contributed by atoms with van der Waals surface area (Å²) in [7, 11) is 1.71. The van der Waals surface area contributed by atoms with Crippen molar-refractivity contribution in [3.05, 3.63) is 54.0 Å². The van der Waals surface area contributed by atoms with E-state index in [1.54, 1.807) is 30.4 Å². The number of benzene rings is 1. The lowest BCUT2D eigenvalue weighted by molar-refractivity contribution is -0.154. The molecule has 0 atom stereocenters. The molecule has 31 heavy (non-hydrogen) atoms. The molecule has 0 aliphatic rings. The van der Waals surface area contributed by atoms with Gasteiger partial charge < -0.3 is 14.1 Å². The molecule has 0 spiro atoms. The van der Waals surface area contributed by atoms with Gasteiger partial charge in [0, 0.05) is 49.1 Å². The van der Waals surface area contributed by atoms with Gasteiger partial charge in [0.15, 0.2) is 10.9 Å². The molecule has 3 rings (SSSR count). The van der Waals surface area contributed by atoms with E-state index in [4.69, 9.17) is 9.15 Å². The molecule has 0 unspecified atom stereocenters. The second kappa shape index (κ2) is 9.96. The Bertz CT molecular complexity index is 1040. The second-order valence-corrected chi connectivity index (χ2v) is 9.09. The maximum atomic E-state index is 13.1. The Balaban J connectivity index is 1.70. The van der Waals surface area contributed by atoms with Gasteiger partial charge in [0.25, 0.3) is 5.91 Å². The summed E-state index contributed by atoms with van der Waals surface area (Å²) in [4.78, 5) is 35.1. The average Bonchev–Trinajstić information content (AvgIpc) is 3.09. The maximum absolute atomic E-state index is 13.1. The largest absolute Gasteiger partial charge is 0.460 e. The smallest absolute Gasteiger partial charge is 0.306 e. The molecule has 1 aromatic carbocycles. The number of amides is 1. The normalized spacial score (nSPS) is 11.5. The zero-order chi connectivity index (χ0) is 22.4. The van der Waals surface area contributed by atoms with E-state index in [1.165, 1.54) is 11.8 Å². The maximum Gasteiger partial charge on any atom is 0.306 e. The van der Waals surface area contributed by atoms with Gasteiger partial charge >= 0.3 is 5.97 Å². The number of thioether (sulfide) groups is 1. The first-order valence-corrected chi connectivity index (χ1v) is 11.1. The first-order valence-electron chi connectivity index (χ1n) is 10.1. The highest BCUT2D eigenvalue weighted by atomic mass is 32.2. The number of furan rings is 1. The van der Waals surface area contributed by atoms with Gasteiger partial charge in [-0.1, -0.05) is 30.0 Å². The monoisotopic (exact) mass is 441 g/mol. The molecule has 0 bridgehead atoms. The SMILES string of the molecule is CN(CCCC(=O)OC(C)(C)C)C(=O)c1oc2ccccc2c1CSc1ncccn1. The first kappa shape index (κ1) is 22.8. The predicted molar refractivity (Wildman–Crippen MR) is 120 cm³/mol. The Morgan fingerprint density at radius 1 is 1.13 bits per heavy atom. The highest BCUT2D eigenvalue weighted by Gasteiger charge is 2.24. The molecule has 7 nitrogen and oxygen atoms in total. The minimum atomic E-state index is -0.512. The number of nitrogens with zero attached hydrogens (tertiary/aromatic N) is 3. The van der Waals surface area contributed by atoms with Crippen LogP contribution in [0.4, 0.5) is 0 Å². The van der Waals surface area contributed by atoms with Crippen molar-refractivity contribution in [2.45, 2.75) is 50.1 Å². The highest BCUT2D eigenvalue weighted by molar-refractivity contribution is 7.98. The Kier molecular flexibility index (Phi) is 7.33. The first-order chi connectivity index (χ1) is 14.7. The number of para-hydroxylation sites is 1. The van der Waals surface area contributed by atoms with Crippen molar-refractivity contribution in [3.63, 3.8) is 0 Å². The third-order valence-electron chi connectivity index (χ3n) is 4.42. The van der Waals surface area contributed by atoms with Crippen LogP contribution in [0, 0.1) is 0 Å². The van der Waals surface area contributed by atoms with E-state index in [2.05, 4.69) is 9.97 Å². The Morgan fingerprint density at radius 3 is 2.55 bits per heavy atom. The van der Waals surface area contributed by atoms with Crippen LogP contribution in [0.1, 0.15) is 49.7 Å². The number of hydrogen-bond acceptors (Lipinski definition) is 7. The molecular weight excluding hydrogens is 414 g/mol. The van der Waals surface area contributed by atoms with Gasteiger partial charge in [-0.05, 0) is 39.3 Å². The lowest BCUT2D eigenvalue weighted by Crippen LogP contribution is -2.29. The van der Waals surface area contributed by atoms with Crippen LogP contribution in [0.3, 0.4) is 0 Å². The van der Waals surface area contributed by atoms with Gasteiger partial charge in [-0.2, -0.15) is 0 Å². The van der Waals surface area contributed by atoms with E-state index < -0.39 is 5.60 Å². The predicted octanol–water partition coefficient (Wildman–Crippen LogP) is 4.71. The molecule has 0 fully saturated rings. The lowest BCUT2D eigenvalue weighted by atomic mass is 10.1. The summed E-state index contributed by atoms with van der Waals surface area (Å²) in [5, 5.41) is 1.54. The average molecular weight is 442 g/mol. The van der Waals surface area contributed by atoms with Crippen molar-refractivity contribution in [2.24, 2.45) is 0 Å². The molecule has 8 heteroatoms. The van der Waals surface area contributed by atoms with Crippen molar-refractivity contribution < 1.29 is 18.7 Å². The van der Waals surface area contributed by atoms with Crippen molar-refractivity contribution in [1.82, 2.24) is 14.9 Å². The fourth-order valence-electron chi connectivity index (χ4n) is 3.04. The topological polar surface area (TPSA) is 85.5 Å².